The Labute approximate surface area is 159 Å². The first-order chi connectivity index (χ1) is 13.1. The van der Waals surface area contributed by atoms with Gasteiger partial charge in [-0.2, -0.15) is 0 Å². The van der Waals surface area contributed by atoms with E-state index in [-0.39, 0.29) is 17.7 Å². The topological polar surface area (TPSA) is 71.5 Å². The van der Waals surface area contributed by atoms with Crippen LogP contribution in [0.4, 0.5) is 0 Å². The predicted octanol–water partition coefficient (Wildman–Crippen LogP) is 2.45. The highest BCUT2D eigenvalue weighted by Crippen LogP contribution is 2.22. The molecule has 2 amide bonds. The van der Waals surface area contributed by atoms with Gasteiger partial charge in [0.1, 0.15) is 5.75 Å². The number of ether oxygens (including phenoxy) is 1. The normalized spacial score (nSPS) is 16.9. The lowest BCUT2D eigenvalue weighted by Crippen LogP contribution is -2.45. The Morgan fingerprint density at radius 2 is 2.22 bits per heavy atom. The number of pyridine rings is 1. The van der Waals surface area contributed by atoms with Gasteiger partial charge in [0.2, 0.25) is 11.8 Å². The van der Waals surface area contributed by atoms with E-state index in [4.69, 9.17) is 4.74 Å². The van der Waals surface area contributed by atoms with Crippen molar-refractivity contribution >= 4 is 11.8 Å². The van der Waals surface area contributed by atoms with Crippen LogP contribution in [0.1, 0.15) is 29.5 Å². The molecule has 1 aliphatic heterocycles. The van der Waals surface area contributed by atoms with Crippen LogP contribution in [0.2, 0.25) is 0 Å². The van der Waals surface area contributed by atoms with Crippen molar-refractivity contribution in [3.8, 4) is 5.75 Å². The molecule has 1 fully saturated rings. The highest BCUT2D eigenvalue weighted by Gasteiger charge is 2.30. The van der Waals surface area contributed by atoms with E-state index in [2.05, 4.69) is 10.3 Å². The summed E-state index contributed by atoms with van der Waals surface area (Å²) in [5.74, 6) is 0.663. The third-order valence-corrected chi connectivity index (χ3v) is 4.97. The number of aromatic nitrogens is 1. The van der Waals surface area contributed by atoms with Crippen LogP contribution in [-0.4, -0.2) is 35.4 Å². The molecule has 0 radical (unpaired) electrons. The first kappa shape index (κ1) is 18.9. The summed E-state index contributed by atoms with van der Waals surface area (Å²) in [7, 11) is 1.62. The molecule has 2 aromatic rings. The van der Waals surface area contributed by atoms with Crippen molar-refractivity contribution in [3.63, 3.8) is 0 Å². The first-order valence-corrected chi connectivity index (χ1v) is 9.14. The van der Waals surface area contributed by atoms with Gasteiger partial charge in [0.25, 0.3) is 0 Å². The largest absolute Gasteiger partial charge is 0.497 e. The standard InChI is InChI=1S/C21H25N3O3/c1-15-11-22-9-8-17(15)12-23-21(26)18-6-7-20(25)24(14-18)13-16-4-3-5-19(10-16)27-2/h3-5,8-11,18H,6-7,12-14H2,1-2H3,(H,23,26)/t18-/m0/s1. The number of nitrogens with one attached hydrogen (secondary N) is 1. The highest BCUT2D eigenvalue weighted by molar-refractivity contribution is 5.83. The highest BCUT2D eigenvalue weighted by atomic mass is 16.5. The molecule has 0 spiro atoms. The van der Waals surface area contributed by atoms with Gasteiger partial charge in [-0.05, 0) is 48.2 Å². The summed E-state index contributed by atoms with van der Waals surface area (Å²) < 4.78 is 5.24. The third kappa shape index (κ3) is 4.84. The molecule has 3 rings (SSSR count). The van der Waals surface area contributed by atoms with E-state index in [0.717, 1.165) is 22.4 Å². The van der Waals surface area contributed by atoms with Crippen molar-refractivity contribution in [2.75, 3.05) is 13.7 Å². The third-order valence-electron chi connectivity index (χ3n) is 4.97. The number of rotatable bonds is 6. The average Bonchev–Trinajstić information content (AvgIpc) is 2.69. The van der Waals surface area contributed by atoms with Crippen molar-refractivity contribution in [2.24, 2.45) is 5.92 Å². The number of nitrogens with zero attached hydrogens (tertiary/aromatic N) is 2. The zero-order chi connectivity index (χ0) is 19.2. The van der Waals surface area contributed by atoms with Gasteiger partial charge in [0.15, 0.2) is 0 Å². The molecule has 1 aliphatic rings. The zero-order valence-corrected chi connectivity index (χ0v) is 15.8. The fourth-order valence-corrected chi connectivity index (χ4v) is 3.30. The maximum Gasteiger partial charge on any atom is 0.225 e. The molecular weight excluding hydrogens is 342 g/mol. The number of carbonyl (C=O) groups is 2. The van der Waals surface area contributed by atoms with Gasteiger partial charge in [-0.1, -0.05) is 12.1 Å². The van der Waals surface area contributed by atoms with Crippen LogP contribution in [0.15, 0.2) is 42.7 Å². The minimum Gasteiger partial charge on any atom is -0.497 e. The minimum atomic E-state index is -0.185. The molecule has 0 unspecified atom stereocenters. The number of amides is 2. The van der Waals surface area contributed by atoms with E-state index < -0.39 is 0 Å². The van der Waals surface area contributed by atoms with Crippen LogP contribution < -0.4 is 10.1 Å². The molecule has 142 valence electrons. The van der Waals surface area contributed by atoms with Crippen LogP contribution >= 0.6 is 0 Å². The molecule has 1 N–H and O–H groups in total. The Bertz CT molecular complexity index is 822. The Morgan fingerprint density at radius 1 is 1.37 bits per heavy atom. The number of hydrogen-bond acceptors (Lipinski definition) is 4. The van der Waals surface area contributed by atoms with Crippen LogP contribution in [0.5, 0.6) is 5.75 Å². The predicted molar refractivity (Wildman–Crippen MR) is 102 cm³/mol. The summed E-state index contributed by atoms with van der Waals surface area (Å²) in [6, 6.07) is 9.58. The summed E-state index contributed by atoms with van der Waals surface area (Å²) in [6.45, 7) is 3.39. The molecule has 0 saturated carbocycles. The summed E-state index contributed by atoms with van der Waals surface area (Å²) in [5.41, 5.74) is 3.10. The number of methoxy groups -OCH3 is 1. The molecule has 6 heteroatoms. The number of carbonyl (C=O) groups excluding carboxylic acids is 2. The molecule has 1 saturated heterocycles. The second kappa shape index (κ2) is 8.66. The summed E-state index contributed by atoms with van der Waals surface area (Å²) in [6.07, 6.45) is 4.51. The van der Waals surface area contributed by atoms with E-state index in [0.29, 0.717) is 32.5 Å². The van der Waals surface area contributed by atoms with Gasteiger partial charge < -0.3 is 15.0 Å². The molecule has 0 aliphatic carbocycles. The van der Waals surface area contributed by atoms with E-state index in [1.165, 1.54) is 0 Å². The minimum absolute atomic E-state index is 0.00523. The lowest BCUT2D eigenvalue weighted by molar-refractivity contribution is -0.139. The smallest absolute Gasteiger partial charge is 0.225 e. The Morgan fingerprint density at radius 3 is 3.00 bits per heavy atom. The molecule has 1 aromatic carbocycles. The van der Waals surface area contributed by atoms with Crippen molar-refractivity contribution in [1.82, 2.24) is 15.2 Å². The lowest BCUT2D eigenvalue weighted by Gasteiger charge is -2.32. The number of benzene rings is 1. The van der Waals surface area contributed by atoms with Gasteiger partial charge in [0.05, 0.1) is 13.0 Å². The fraction of sp³-hybridized carbons (Fsp3) is 0.381. The molecule has 27 heavy (non-hydrogen) atoms. The molecule has 2 heterocycles. The number of piperidine rings is 1. The van der Waals surface area contributed by atoms with E-state index in [9.17, 15) is 9.59 Å². The van der Waals surface area contributed by atoms with E-state index in [1.54, 1.807) is 24.4 Å². The summed E-state index contributed by atoms with van der Waals surface area (Å²) in [5, 5.41) is 3.00. The van der Waals surface area contributed by atoms with Crippen LogP contribution in [-0.2, 0) is 22.7 Å². The summed E-state index contributed by atoms with van der Waals surface area (Å²) >= 11 is 0. The number of aryl methyl sites for hydroxylation is 1. The van der Waals surface area contributed by atoms with Crippen molar-refractivity contribution in [1.29, 1.82) is 0 Å². The van der Waals surface area contributed by atoms with Gasteiger partial charge in [-0.3, -0.25) is 14.6 Å². The van der Waals surface area contributed by atoms with Gasteiger partial charge in [-0.25, -0.2) is 0 Å². The molecule has 1 aromatic heterocycles. The lowest BCUT2D eigenvalue weighted by atomic mass is 9.96. The van der Waals surface area contributed by atoms with Crippen molar-refractivity contribution in [2.45, 2.75) is 32.9 Å². The Kier molecular flexibility index (Phi) is 6.06. The van der Waals surface area contributed by atoms with Crippen LogP contribution in [0.25, 0.3) is 0 Å². The second-order valence-electron chi connectivity index (χ2n) is 6.88. The maximum absolute atomic E-state index is 12.6. The molecule has 0 bridgehead atoms. The second-order valence-corrected chi connectivity index (χ2v) is 6.88. The number of hydrogen-bond donors (Lipinski definition) is 1. The van der Waals surface area contributed by atoms with Crippen LogP contribution in [0.3, 0.4) is 0 Å². The Balaban J connectivity index is 1.59. The van der Waals surface area contributed by atoms with Crippen molar-refractivity contribution in [3.05, 3.63) is 59.4 Å². The van der Waals surface area contributed by atoms with E-state index in [1.807, 2.05) is 37.3 Å². The van der Waals surface area contributed by atoms with Gasteiger partial charge in [-0.15, -0.1) is 0 Å². The zero-order valence-electron chi connectivity index (χ0n) is 15.8. The average molecular weight is 367 g/mol. The van der Waals surface area contributed by atoms with E-state index >= 15 is 0 Å². The Hall–Kier alpha value is -2.89. The first-order valence-electron chi connectivity index (χ1n) is 9.14. The quantitative estimate of drug-likeness (QED) is 0.851. The fourth-order valence-electron chi connectivity index (χ4n) is 3.30. The number of likely N-dealkylation sites (tertiary alicyclic amines) is 1. The molecule has 6 nitrogen and oxygen atoms in total. The van der Waals surface area contributed by atoms with Crippen molar-refractivity contribution < 1.29 is 14.3 Å². The maximum atomic E-state index is 12.6. The monoisotopic (exact) mass is 367 g/mol. The molecule has 1 atom stereocenters. The van der Waals surface area contributed by atoms with Crippen LogP contribution in [0, 0.1) is 12.8 Å². The summed E-state index contributed by atoms with van der Waals surface area (Å²) in [4.78, 5) is 30.7. The SMILES string of the molecule is COc1cccc(CN2C[C@@H](C(=O)NCc3ccncc3C)CCC2=O)c1. The van der Waals surface area contributed by atoms with Gasteiger partial charge >= 0.3 is 0 Å². The molecular formula is C21H25N3O3. The van der Waals surface area contributed by atoms with Gasteiger partial charge in [0, 0.05) is 38.4 Å².